The van der Waals surface area contributed by atoms with E-state index in [2.05, 4.69) is 5.32 Å². The Bertz CT molecular complexity index is 394. The highest BCUT2D eigenvalue weighted by atomic mass is 19.4. The van der Waals surface area contributed by atoms with E-state index in [-0.39, 0.29) is 12.2 Å². The topological polar surface area (TPSA) is 41.5 Å². The maximum Gasteiger partial charge on any atom is 0.389 e. The van der Waals surface area contributed by atoms with E-state index < -0.39 is 12.6 Å². The zero-order valence-corrected chi connectivity index (χ0v) is 10.8. The van der Waals surface area contributed by atoms with Crippen molar-refractivity contribution in [3.05, 3.63) is 23.8 Å². The molecule has 1 aromatic carbocycles. The van der Waals surface area contributed by atoms with Crippen LogP contribution < -0.4 is 10.1 Å². The number of halogens is 3. The summed E-state index contributed by atoms with van der Waals surface area (Å²) in [6.45, 7) is 0.877. The predicted octanol–water partition coefficient (Wildman–Crippen LogP) is 3.22. The molecule has 0 radical (unpaired) electrons. The van der Waals surface area contributed by atoms with E-state index in [0.717, 1.165) is 0 Å². The number of phenolic OH excluding ortho intramolecular Hbond substituents is 1. The third-order valence-corrected chi connectivity index (χ3v) is 2.68. The smallest absolute Gasteiger partial charge is 0.389 e. The minimum Gasteiger partial charge on any atom is -0.504 e. The molecule has 0 heterocycles. The highest BCUT2D eigenvalue weighted by molar-refractivity contribution is 5.45. The van der Waals surface area contributed by atoms with Crippen LogP contribution in [-0.4, -0.2) is 24.9 Å². The molecule has 0 amide bonds. The lowest BCUT2D eigenvalue weighted by atomic mass is 10.1. The quantitative estimate of drug-likeness (QED) is 0.752. The number of hydrogen-bond donors (Lipinski definition) is 2. The maximum absolute atomic E-state index is 11.9. The van der Waals surface area contributed by atoms with Gasteiger partial charge in [0.2, 0.25) is 0 Å². The van der Waals surface area contributed by atoms with Gasteiger partial charge in [0.25, 0.3) is 0 Å². The van der Waals surface area contributed by atoms with Crippen LogP contribution in [0, 0.1) is 0 Å². The van der Waals surface area contributed by atoms with Gasteiger partial charge in [-0.1, -0.05) is 12.1 Å². The van der Waals surface area contributed by atoms with E-state index in [9.17, 15) is 18.3 Å². The van der Waals surface area contributed by atoms with Crippen LogP contribution in [0.15, 0.2) is 18.2 Å². The Morgan fingerprint density at radius 3 is 2.63 bits per heavy atom. The zero-order valence-electron chi connectivity index (χ0n) is 10.8. The molecule has 108 valence electrons. The van der Waals surface area contributed by atoms with Gasteiger partial charge in [-0.05, 0) is 25.5 Å². The summed E-state index contributed by atoms with van der Waals surface area (Å²) in [7, 11) is 1.46. The minimum atomic E-state index is -4.08. The van der Waals surface area contributed by atoms with Gasteiger partial charge in [0.1, 0.15) is 0 Å². The molecule has 0 fully saturated rings. The molecule has 19 heavy (non-hydrogen) atoms. The number of para-hydroxylation sites is 1. The number of hydrogen-bond acceptors (Lipinski definition) is 3. The van der Waals surface area contributed by atoms with E-state index in [1.165, 1.54) is 7.11 Å². The summed E-state index contributed by atoms with van der Waals surface area (Å²) in [6.07, 6.45) is -4.27. The van der Waals surface area contributed by atoms with Gasteiger partial charge >= 0.3 is 6.18 Å². The SMILES string of the molecule is COc1cccc(CNCCCCC(F)(F)F)c1O. The molecule has 0 bridgehead atoms. The van der Waals surface area contributed by atoms with Crippen LogP contribution in [0.25, 0.3) is 0 Å². The van der Waals surface area contributed by atoms with Crippen LogP contribution >= 0.6 is 0 Å². The summed E-state index contributed by atoms with van der Waals surface area (Å²) in [6, 6.07) is 5.13. The monoisotopic (exact) mass is 277 g/mol. The third-order valence-electron chi connectivity index (χ3n) is 2.68. The van der Waals surface area contributed by atoms with Crippen molar-refractivity contribution in [2.45, 2.75) is 32.0 Å². The van der Waals surface area contributed by atoms with Crippen molar-refractivity contribution in [1.29, 1.82) is 0 Å². The first-order chi connectivity index (χ1) is 8.94. The van der Waals surface area contributed by atoms with Crippen molar-refractivity contribution in [3.63, 3.8) is 0 Å². The molecule has 0 aliphatic carbocycles. The minimum absolute atomic E-state index is 0.0628. The van der Waals surface area contributed by atoms with Gasteiger partial charge in [-0.25, -0.2) is 0 Å². The number of ether oxygens (including phenoxy) is 1. The number of unbranched alkanes of at least 4 members (excludes halogenated alkanes) is 1. The molecule has 1 aromatic rings. The fraction of sp³-hybridized carbons (Fsp3) is 0.538. The summed E-state index contributed by atoms with van der Waals surface area (Å²) < 4.78 is 40.7. The average Bonchev–Trinajstić information content (AvgIpc) is 2.34. The fourth-order valence-corrected chi connectivity index (χ4v) is 1.67. The number of rotatable bonds is 7. The maximum atomic E-state index is 11.9. The summed E-state index contributed by atoms with van der Waals surface area (Å²) in [5, 5.41) is 12.8. The van der Waals surface area contributed by atoms with Gasteiger partial charge in [-0.2, -0.15) is 13.2 Å². The average molecular weight is 277 g/mol. The van der Waals surface area contributed by atoms with Gasteiger partial charge in [-0.15, -0.1) is 0 Å². The second-order valence-electron chi connectivity index (χ2n) is 4.22. The Hall–Kier alpha value is -1.43. The Morgan fingerprint density at radius 2 is 2.00 bits per heavy atom. The molecule has 0 aliphatic heterocycles. The van der Waals surface area contributed by atoms with Gasteiger partial charge in [0, 0.05) is 18.5 Å². The number of nitrogens with one attached hydrogen (secondary N) is 1. The van der Waals surface area contributed by atoms with E-state index in [0.29, 0.717) is 30.8 Å². The number of alkyl halides is 3. The van der Waals surface area contributed by atoms with Crippen LogP contribution in [0.5, 0.6) is 11.5 Å². The molecule has 0 aliphatic rings. The number of phenols is 1. The van der Waals surface area contributed by atoms with Crippen molar-refractivity contribution in [2.24, 2.45) is 0 Å². The normalized spacial score (nSPS) is 11.6. The van der Waals surface area contributed by atoms with Crippen LogP contribution in [0.1, 0.15) is 24.8 Å². The largest absolute Gasteiger partial charge is 0.504 e. The van der Waals surface area contributed by atoms with Crippen molar-refractivity contribution in [3.8, 4) is 11.5 Å². The molecule has 0 aromatic heterocycles. The predicted molar refractivity (Wildman–Crippen MR) is 66.3 cm³/mol. The molecular weight excluding hydrogens is 259 g/mol. The van der Waals surface area contributed by atoms with E-state index >= 15 is 0 Å². The van der Waals surface area contributed by atoms with Gasteiger partial charge in [0.05, 0.1) is 7.11 Å². The van der Waals surface area contributed by atoms with Crippen molar-refractivity contribution < 1.29 is 23.0 Å². The molecule has 0 atom stereocenters. The first-order valence-corrected chi connectivity index (χ1v) is 6.06. The molecule has 0 spiro atoms. The number of benzene rings is 1. The highest BCUT2D eigenvalue weighted by Crippen LogP contribution is 2.29. The summed E-state index contributed by atoms with van der Waals surface area (Å²) in [5.41, 5.74) is 0.662. The Kier molecular flexibility index (Phi) is 5.95. The second-order valence-corrected chi connectivity index (χ2v) is 4.22. The molecular formula is C13H18F3NO2. The number of methoxy groups -OCH3 is 1. The Labute approximate surface area is 110 Å². The molecule has 6 heteroatoms. The summed E-state index contributed by atoms with van der Waals surface area (Å²) in [5.74, 6) is 0.448. The van der Waals surface area contributed by atoms with Crippen molar-refractivity contribution in [2.75, 3.05) is 13.7 Å². The van der Waals surface area contributed by atoms with Crippen LogP contribution in [0.4, 0.5) is 13.2 Å². The lowest BCUT2D eigenvalue weighted by Crippen LogP contribution is -2.16. The molecule has 0 unspecified atom stereocenters. The van der Waals surface area contributed by atoms with Crippen LogP contribution in [0.3, 0.4) is 0 Å². The lowest BCUT2D eigenvalue weighted by Gasteiger charge is -2.10. The molecule has 2 N–H and O–H groups in total. The second kappa shape index (κ2) is 7.23. The highest BCUT2D eigenvalue weighted by Gasteiger charge is 2.25. The fourth-order valence-electron chi connectivity index (χ4n) is 1.67. The summed E-state index contributed by atoms with van der Waals surface area (Å²) >= 11 is 0. The van der Waals surface area contributed by atoms with Crippen molar-refractivity contribution in [1.82, 2.24) is 5.32 Å². The molecule has 1 rings (SSSR count). The van der Waals surface area contributed by atoms with Crippen LogP contribution in [0.2, 0.25) is 0 Å². The van der Waals surface area contributed by atoms with Gasteiger partial charge in [-0.3, -0.25) is 0 Å². The third kappa shape index (κ3) is 5.83. The standard InChI is InChI=1S/C13H18F3NO2/c1-19-11-6-4-5-10(12(11)18)9-17-8-3-2-7-13(14,15)16/h4-6,17-18H,2-3,7-9H2,1H3. The first kappa shape index (κ1) is 15.6. The lowest BCUT2D eigenvalue weighted by molar-refractivity contribution is -0.135. The van der Waals surface area contributed by atoms with Gasteiger partial charge in [0.15, 0.2) is 11.5 Å². The van der Waals surface area contributed by atoms with Crippen LogP contribution in [-0.2, 0) is 6.54 Å². The molecule has 3 nitrogen and oxygen atoms in total. The van der Waals surface area contributed by atoms with E-state index in [1.807, 2.05) is 0 Å². The molecule has 0 saturated carbocycles. The number of aromatic hydroxyl groups is 1. The zero-order chi connectivity index (χ0) is 14.3. The summed E-state index contributed by atoms with van der Waals surface area (Å²) in [4.78, 5) is 0. The molecule has 0 saturated heterocycles. The van der Waals surface area contributed by atoms with Gasteiger partial charge < -0.3 is 15.2 Å². The van der Waals surface area contributed by atoms with E-state index in [4.69, 9.17) is 4.74 Å². The van der Waals surface area contributed by atoms with Crippen molar-refractivity contribution >= 4 is 0 Å². The van der Waals surface area contributed by atoms with E-state index in [1.54, 1.807) is 18.2 Å². The Balaban J connectivity index is 2.26. The Morgan fingerprint density at radius 1 is 1.26 bits per heavy atom. The first-order valence-electron chi connectivity index (χ1n) is 6.06.